The van der Waals surface area contributed by atoms with Gasteiger partial charge >= 0.3 is 6.03 Å². The fourth-order valence-electron chi connectivity index (χ4n) is 3.05. The molecule has 2 aromatic rings. The van der Waals surface area contributed by atoms with E-state index >= 15 is 0 Å². The predicted molar refractivity (Wildman–Crippen MR) is 79.8 cm³/mol. The van der Waals surface area contributed by atoms with E-state index in [1.807, 2.05) is 4.90 Å². The summed E-state index contributed by atoms with van der Waals surface area (Å²) in [6, 6.07) is 3.75. The number of ether oxygens (including phenoxy) is 1. The zero-order chi connectivity index (χ0) is 14.9. The van der Waals surface area contributed by atoms with Crippen LogP contribution in [-0.2, 0) is 4.74 Å². The first-order valence-corrected chi connectivity index (χ1v) is 7.48. The Labute approximate surface area is 127 Å². The number of hydrogen-bond acceptors (Lipinski definition) is 5. The number of nitrogens with one attached hydrogen (secondary N) is 1. The topological polar surface area (TPSA) is 75.0 Å². The number of rotatable bonds is 1. The third kappa shape index (κ3) is 2.40. The van der Waals surface area contributed by atoms with Crippen LogP contribution in [0.1, 0.15) is 0 Å². The van der Waals surface area contributed by atoms with Crippen molar-refractivity contribution in [2.75, 3.05) is 44.7 Å². The van der Waals surface area contributed by atoms with Crippen molar-refractivity contribution in [3.8, 4) is 0 Å². The van der Waals surface area contributed by atoms with E-state index < -0.39 is 0 Å². The van der Waals surface area contributed by atoms with Crippen LogP contribution in [0.5, 0.6) is 0 Å². The Balaban J connectivity index is 1.47. The smallest absolute Gasteiger partial charge is 0.323 e. The van der Waals surface area contributed by atoms with Gasteiger partial charge in [0.1, 0.15) is 5.82 Å². The molecule has 2 amide bonds. The Bertz CT molecular complexity index is 687. The molecule has 2 aromatic heterocycles. The molecular formula is C14H18N6O2. The van der Waals surface area contributed by atoms with E-state index in [9.17, 15) is 4.79 Å². The van der Waals surface area contributed by atoms with Gasteiger partial charge in [-0.2, -0.15) is 9.61 Å². The summed E-state index contributed by atoms with van der Waals surface area (Å²) < 4.78 is 7.13. The van der Waals surface area contributed by atoms with E-state index in [4.69, 9.17) is 4.74 Å². The summed E-state index contributed by atoms with van der Waals surface area (Å²) in [6.45, 7) is 4.77. The van der Waals surface area contributed by atoms with Crippen LogP contribution in [0.3, 0.4) is 0 Å². The summed E-state index contributed by atoms with van der Waals surface area (Å²) in [7, 11) is 0. The molecule has 0 aromatic carbocycles. The van der Waals surface area contributed by atoms with Crippen molar-refractivity contribution in [2.24, 2.45) is 0 Å². The van der Waals surface area contributed by atoms with Gasteiger partial charge in [-0.25, -0.2) is 9.78 Å². The Hall–Kier alpha value is -2.19. The molecule has 2 aliphatic heterocycles. The van der Waals surface area contributed by atoms with Crippen molar-refractivity contribution >= 4 is 17.5 Å². The van der Waals surface area contributed by atoms with Crippen molar-refractivity contribution in [2.45, 2.75) is 6.04 Å². The molecule has 2 fully saturated rings. The number of aromatic nitrogens is 3. The number of carbonyl (C=O) groups excluding carboxylic acids is 1. The van der Waals surface area contributed by atoms with Crippen LogP contribution < -0.4 is 5.32 Å². The van der Waals surface area contributed by atoms with Crippen LogP contribution in [0.2, 0.25) is 0 Å². The minimum absolute atomic E-state index is 0.103. The molecule has 2 aliphatic rings. The highest BCUT2D eigenvalue weighted by molar-refractivity contribution is 5.88. The molecule has 116 valence electrons. The van der Waals surface area contributed by atoms with Crippen LogP contribution in [-0.4, -0.2) is 75.9 Å². The summed E-state index contributed by atoms with van der Waals surface area (Å²) in [6.07, 6.45) is 3.33. The van der Waals surface area contributed by atoms with Gasteiger partial charge in [0.2, 0.25) is 0 Å². The van der Waals surface area contributed by atoms with Crippen molar-refractivity contribution in [3.05, 3.63) is 24.5 Å². The highest BCUT2D eigenvalue weighted by Gasteiger charge is 2.31. The van der Waals surface area contributed by atoms with Gasteiger partial charge in [0.05, 0.1) is 25.5 Å². The van der Waals surface area contributed by atoms with Crippen LogP contribution in [0, 0.1) is 0 Å². The SMILES string of the molecule is O=C(Nc1ccnc2ccnn12)N1CCN2CCOCC2C1. The summed E-state index contributed by atoms with van der Waals surface area (Å²) in [4.78, 5) is 20.9. The fourth-order valence-corrected chi connectivity index (χ4v) is 3.05. The largest absolute Gasteiger partial charge is 0.378 e. The Morgan fingerprint density at radius 2 is 2.23 bits per heavy atom. The van der Waals surface area contributed by atoms with Crippen molar-refractivity contribution in [1.82, 2.24) is 24.4 Å². The minimum atomic E-state index is -0.103. The Morgan fingerprint density at radius 1 is 1.27 bits per heavy atom. The number of nitrogens with zero attached hydrogens (tertiary/aromatic N) is 5. The van der Waals surface area contributed by atoms with Gasteiger partial charge in [-0.1, -0.05) is 0 Å². The molecule has 0 aliphatic carbocycles. The molecule has 0 bridgehead atoms. The number of piperazine rings is 1. The fraction of sp³-hybridized carbons (Fsp3) is 0.500. The van der Waals surface area contributed by atoms with E-state index in [0.717, 1.165) is 26.2 Å². The molecule has 4 heterocycles. The second kappa shape index (κ2) is 5.54. The highest BCUT2D eigenvalue weighted by atomic mass is 16.5. The van der Waals surface area contributed by atoms with Crippen LogP contribution in [0.25, 0.3) is 5.65 Å². The van der Waals surface area contributed by atoms with Gasteiger partial charge in [-0.15, -0.1) is 0 Å². The lowest BCUT2D eigenvalue weighted by Crippen LogP contribution is -2.59. The van der Waals surface area contributed by atoms with Crippen molar-refractivity contribution in [1.29, 1.82) is 0 Å². The molecule has 0 radical (unpaired) electrons. The predicted octanol–water partition coefficient (Wildman–Crippen LogP) is 0.278. The molecule has 22 heavy (non-hydrogen) atoms. The molecule has 8 nitrogen and oxygen atoms in total. The maximum atomic E-state index is 12.5. The van der Waals surface area contributed by atoms with E-state index in [0.29, 0.717) is 30.7 Å². The summed E-state index contributed by atoms with van der Waals surface area (Å²) >= 11 is 0. The first-order valence-electron chi connectivity index (χ1n) is 7.48. The van der Waals surface area contributed by atoms with E-state index in [1.54, 1.807) is 29.0 Å². The number of hydrogen-bond donors (Lipinski definition) is 1. The lowest BCUT2D eigenvalue weighted by Gasteiger charge is -2.43. The standard InChI is InChI=1S/C14H18N6O2/c21-14(17-13-1-3-15-12-2-4-16-20(12)13)19-6-5-18-7-8-22-10-11(18)9-19/h1-4,11H,5-10H2,(H,17,21). The van der Waals surface area contributed by atoms with E-state index in [2.05, 4.69) is 20.3 Å². The number of morpholine rings is 1. The monoisotopic (exact) mass is 302 g/mol. The van der Waals surface area contributed by atoms with E-state index in [-0.39, 0.29) is 6.03 Å². The molecule has 2 saturated heterocycles. The second-order valence-electron chi connectivity index (χ2n) is 5.57. The quantitative estimate of drug-likeness (QED) is 0.819. The summed E-state index contributed by atoms with van der Waals surface area (Å²) in [5.41, 5.74) is 0.711. The number of urea groups is 1. The number of carbonyl (C=O) groups is 1. The van der Waals surface area contributed by atoms with Gasteiger partial charge in [0, 0.05) is 38.4 Å². The zero-order valence-electron chi connectivity index (χ0n) is 12.2. The van der Waals surface area contributed by atoms with Gasteiger partial charge in [0.25, 0.3) is 0 Å². The van der Waals surface area contributed by atoms with E-state index in [1.165, 1.54) is 0 Å². The van der Waals surface area contributed by atoms with Gasteiger partial charge < -0.3 is 9.64 Å². The van der Waals surface area contributed by atoms with Crippen LogP contribution >= 0.6 is 0 Å². The zero-order valence-corrected chi connectivity index (χ0v) is 12.2. The number of amides is 2. The first kappa shape index (κ1) is 13.5. The average molecular weight is 302 g/mol. The molecular weight excluding hydrogens is 284 g/mol. The second-order valence-corrected chi connectivity index (χ2v) is 5.57. The van der Waals surface area contributed by atoms with Crippen molar-refractivity contribution < 1.29 is 9.53 Å². The molecule has 0 saturated carbocycles. The normalized spacial score (nSPS) is 22.5. The lowest BCUT2D eigenvalue weighted by atomic mass is 10.1. The third-order valence-electron chi connectivity index (χ3n) is 4.25. The molecule has 1 unspecified atom stereocenters. The molecule has 4 rings (SSSR count). The maximum Gasteiger partial charge on any atom is 0.323 e. The first-order chi connectivity index (χ1) is 10.8. The number of fused-ring (bicyclic) bond motifs is 2. The van der Waals surface area contributed by atoms with Gasteiger partial charge in [-0.3, -0.25) is 10.2 Å². The van der Waals surface area contributed by atoms with Gasteiger partial charge in [0.15, 0.2) is 5.65 Å². The van der Waals surface area contributed by atoms with Crippen molar-refractivity contribution in [3.63, 3.8) is 0 Å². The third-order valence-corrected chi connectivity index (χ3v) is 4.25. The Kier molecular flexibility index (Phi) is 3.39. The van der Waals surface area contributed by atoms with Gasteiger partial charge in [-0.05, 0) is 6.07 Å². The molecule has 8 heteroatoms. The molecule has 0 spiro atoms. The van der Waals surface area contributed by atoms with Crippen LogP contribution in [0.15, 0.2) is 24.5 Å². The average Bonchev–Trinajstić information content (AvgIpc) is 3.04. The maximum absolute atomic E-state index is 12.5. The summed E-state index contributed by atoms with van der Waals surface area (Å²) in [5.74, 6) is 0.627. The number of anilines is 1. The molecule has 1 N–H and O–H groups in total. The highest BCUT2D eigenvalue weighted by Crippen LogP contribution is 2.15. The minimum Gasteiger partial charge on any atom is -0.378 e. The lowest BCUT2D eigenvalue weighted by molar-refractivity contribution is -0.0355. The Morgan fingerprint density at radius 3 is 3.18 bits per heavy atom. The molecule has 1 atom stereocenters. The summed E-state index contributed by atoms with van der Waals surface area (Å²) in [5, 5.41) is 7.10. The van der Waals surface area contributed by atoms with Crippen LogP contribution in [0.4, 0.5) is 10.6 Å².